The van der Waals surface area contributed by atoms with E-state index < -0.39 is 12.0 Å². The first-order chi connectivity index (χ1) is 8.04. The van der Waals surface area contributed by atoms with Crippen LogP contribution in [0.15, 0.2) is 0 Å². The van der Waals surface area contributed by atoms with Gasteiger partial charge in [0, 0.05) is 19.5 Å². The van der Waals surface area contributed by atoms with Crippen LogP contribution in [0.4, 0.5) is 4.79 Å². The van der Waals surface area contributed by atoms with Gasteiger partial charge in [0.2, 0.25) is 0 Å². The van der Waals surface area contributed by atoms with Crippen LogP contribution < -0.4 is 0 Å². The lowest BCUT2D eigenvalue weighted by atomic mass is 10.0. The Labute approximate surface area is 101 Å². The van der Waals surface area contributed by atoms with Gasteiger partial charge < -0.3 is 14.4 Å². The van der Waals surface area contributed by atoms with E-state index in [4.69, 9.17) is 4.74 Å². The fourth-order valence-electron chi connectivity index (χ4n) is 1.65. The van der Waals surface area contributed by atoms with Crippen LogP contribution in [-0.4, -0.2) is 42.8 Å². The molecule has 1 heterocycles. The van der Waals surface area contributed by atoms with E-state index in [-0.39, 0.29) is 18.1 Å². The fourth-order valence-corrected chi connectivity index (χ4v) is 1.65. The van der Waals surface area contributed by atoms with Crippen LogP contribution in [0.3, 0.4) is 0 Å². The molecule has 0 aromatic carbocycles. The minimum Gasteiger partial charge on any atom is -0.449 e. The van der Waals surface area contributed by atoms with Crippen LogP contribution in [0.25, 0.3) is 0 Å². The van der Waals surface area contributed by atoms with E-state index in [9.17, 15) is 14.4 Å². The van der Waals surface area contributed by atoms with Crippen molar-refractivity contribution in [3.63, 3.8) is 0 Å². The number of aldehydes is 1. The first-order valence-corrected chi connectivity index (χ1v) is 5.94. The molecule has 1 saturated heterocycles. The van der Waals surface area contributed by atoms with Gasteiger partial charge in [-0.1, -0.05) is 13.8 Å². The van der Waals surface area contributed by atoms with E-state index >= 15 is 0 Å². The van der Waals surface area contributed by atoms with Crippen LogP contribution >= 0.6 is 0 Å². The van der Waals surface area contributed by atoms with Crippen molar-refractivity contribution in [2.24, 2.45) is 11.8 Å². The third-order valence-corrected chi connectivity index (χ3v) is 2.71. The van der Waals surface area contributed by atoms with Crippen LogP contribution in [0.2, 0.25) is 0 Å². The average molecular weight is 241 g/mol. The Morgan fingerprint density at radius 2 is 2.24 bits per heavy atom. The lowest BCUT2D eigenvalue weighted by molar-refractivity contribution is -0.126. The van der Waals surface area contributed by atoms with Crippen molar-refractivity contribution in [2.75, 3.05) is 19.7 Å². The van der Waals surface area contributed by atoms with Gasteiger partial charge in [0.15, 0.2) is 0 Å². The summed E-state index contributed by atoms with van der Waals surface area (Å²) < 4.78 is 5.09. The van der Waals surface area contributed by atoms with Crippen molar-refractivity contribution >= 4 is 18.2 Å². The van der Waals surface area contributed by atoms with Gasteiger partial charge in [-0.15, -0.1) is 0 Å². The number of ketones is 1. The Bertz CT molecular complexity index is 301. The van der Waals surface area contributed by atoms with Gasteiger partial charge in [-0.2, -0.15) is 0 Å². The molecule has 1 amide bonds. The molecule has 0 aliphatic carbocycles. The molecule has 1 unspecified atom stereocenters. The maximum atomic E-state index is 11.7. The summed E-state index contributed by atoms with van der Waals surface area (Å²) in [6.45, 7) is 5.05. The Hall–Kier alpha value is -1.39. The number of hydrogen-bond donors (Lipinski definition) is 0. The molecule has 1 aliphatic heterocycles. The summed E-state index contributed by atoms with van der Waals surface area (Å²) in [5.74, 6) is -0.354. The van der Waals surface area contributed by atoms with Crippen LogP contribution in [0.5, 0.6) is 0 Å². The van der Waals surface area contributed by atoms with Crippen LogP contribution in [-0.2, 0) is 14.3 Å². The van der Waals surface area contributed by atoms with Crippen molar-refractivity contribution in [1.82, 2.24) is 4.90 Å². The zero-order valence-electron chi connectivity index (χ0n) is 10.3. The largest absolute Gasteiger partial charge is 0.449 e. The molecule has 96 valence electrons. The summed E-state index contributed by atoms with van der Waals surface area (Å²) in [5.41, 5.74) is 0. The third kappa shape index (κ3) is 4.17. The Morgan fingerprint density at radius 1 is 1.53 bits per heavy atom. The van der Waals surface area contributed by atoms with E-state index in [1.54, 1.807) is 0 Å². The zero-order chi connectivity index (χ0) is 12.8. The van der Waals surface area contributed by atoms with E-state index in [1.165, 1.54) is 4.90 Å². The minimum atomic E-state index is -0.558. The number of nitrogens with zero attached hydrogens (tertiary/aromatic N) is 1. The summed E-state index contributed by atoms with van der Waals surface area (Å²) >= 11 is 0. The molecular weight excluding hydrogens is 222 g/mol. The molecule has 0 bridgehead atoms. The first-order valence-electron chi connectivity index (χ1n) is 5.94. The maximum Gasteiger partial charge on any atom is 0.409 e. The first kappa shape index (κ1) is 13.7. The molecule has 0 aromatic rings. The maximum absolute atomic E-state index is 11.7. The summed E-state index contributed by atoms with van der Waals surface area (Å²) in [6.07, 6.45) is 0.919. The van der Waals surface area contributed by atoms with E-state index in [1.807, 2.05) is 13.8 Å². The highest BCUT2D eigenvalue weighted by Gasteiger charge is 2.26. The van der Waals surface area contributed by atoms with Gasteiger partial charge in [-0.05, 0) is 12.3 Å². The van der Waals surface area contributed by atoms with E-state index in [0.29, 0.717) is 32.4 Å². The molecule has 5 nitrogen and oxygen atoms in total. The third-order valence-electron chi connectivity index (χ3n) is 2.71. The highest BCUT2D eigenvalue weighted by atomic mass is 16.6. The predicted molar refractivity (Wildman–Crippen MR) is 61.6 cm³/mol. The van der Waals surface area contributed by atoms with Crippen LogP contribution in [0, 0.1) is 11.8 Å². The van der Waals surface area contributed by atoms with Crippen molar-refractivity contribution < 1.29 is 19.1 Å². The monoisotopic (exact) mass is 241 g/mol. The van der Waals surface area contributed by atoms with Crippen molar-refractivity contribution in [3.8, 4) is 0 Å². The van der Waals surface area contributed by atoms with E-state index in [2.05, 4.69) is 0 Å². The quantitative estimate of drug-likeness (QED) is 0.551. The number of Topliss-reactive ketones (excluding diaryl/α,β-unsaturated/α-hetero) is 1. The molecule has 0 aromatic heterocycles. The van der Waals surface area contributed by atoms with Gasteiger partial charge in [0.05, 0.1) is 12.5 Å². The average Bonchev–Trinajstić information content (AvgIpc) is 2.48. The standard InChI is InChI=1S/C12H19NO4/c1-9(2)8-17-12(16)13-5-3-10(7-14)11(15)4-6-13/h7,9-10H,3-6,8H2,1-2H3. The van der Waals surface area contributed by atoms with E-state index in [0.717, 1.165) is 0 Å². The Kier molecular flexibility index (Phi) is 5.12. The summed E-state index contributed by atoms with van der Waals surface area (Å²) in [6, 6.07) is 0. The second-order valence-electron chi connectivity index (χ2n) is 4.71. The lowest BCUT2D eigenvalue weighted by Crippen LogP contribution is -2.33. The molecule has 1 aliphatic rings. The van der Waals surface area contributed by atoms with Crippen molar-refractivity contribution in [2.45, 2.75) is 26.7 Å². The zero-order valence-corrected chi connectivity index (χ0v) is 10.3. The number of carbonyl (C=O) groups excluding carboxylic acids is 3. The highest BCUT2D eigenvalue weighted by molar-refractivity contribution is 5.93. The van der Waals surface area contributed by atoms with Gasteiger partial charge in [0.25, 0.3) is 0 Å². The summed E-state index contributed by atoms with van der Waals surface area (Å²) in [4.78, 5) is 35.3. The highest BCUT2D eigenvalue weighted by Crippen LogP contribution is 2.13. The van der Waals surface area contributed by atoms with Gasteiger partial charge in [-0.25, -0.2) is 4.79 Å². The predicted octanol–water partition coefficient (Wildman–Crippen LogP) is 1.26. The number of carbonyl (C=O) groups is 3. The lowest BCUT2D eigenvalue weighted by Gasteiger charge is -2.20. The normalized spacial score (nSPS) is 21.2. The second-order valence-corrected chi connectivity index (χ2v) is 4.71. The number of likely N-dealkylation sites (tertiary alicyclic amines) is 1. The van der Waals surface area contributed by atoms with Gasteiger partial charge in [0.1, 0.15) is 12.1 Å². The molecule has 1 fully saturated rings. The van der Waals surface area contributed by atoms with Gasteiger partial charge >= 0.3 is 6.09 Å². The summed E-state index contributed by atoms with van der Waals surface area (Å²) in [7, 11) is 0. The minimum absolute atomic E-state index is 0.0841. The molecule has 0 saturated carbocycles. The number of amides is 1. The molecule has 1 atom stereocenters. The fraction of sp³-hybridized carbons (Fsp3) is 0.750. The molecule has 17 heavy (non-hydrogen) atoms. The van der Waals surface area contributed by atoms with Crippen molar-refractivity contribution in [1.29, 1.82) is 0 Å². The Balaban J connectivity index is 2.47. The van der Waals surface area contributed by atoms with Crippen molar-refractivity contribution in [3.05, 3.63) is 0 Å². The number of hydrogen-bond acceptors (Lipinski definition) is 4. The number of rotatable bonds is 3. The molecule has 0 N–H and O–H groups in total. The molecular formula is C12H19NO4. The molecule has 5 heteroatoms. The molecule has 0 radical (unpaired) electrons. The molecule has 1 rings (SSSR count). The Morgan fingerprint density at radius 3 is 2.82 bits per heavy atom. The SMILES string of the molecule is CC(C)COC(=O)N1CCC(=O)C(C=O)CC1. The summed E-state index contributed by atoms with van der Waals surface area (Å²) in [5, 5.41) is 0. The van der Waals surface area contributed by atoms with Crippen LogP contribution in [0.1, 0.15) is 26.7 Å². The second kappa shape index (κ2) is 6.37. The van der Waals surface area contributed by atoms with Gasteiger partial charge in [-0.3, -0.25) is 4.79 Å². The smallest absolute Gasteiger partial charge is 0.409 e. The topological polar surface area (TPSA) is 63.7 Å². The molecule has 0 spiro atoms. The number of ether oxygens (including phenoxy) is 1.